The second kappa shape index (κ2) is 8.80. The molecule has 1 aromatic carbocycles. The molecule has 168 valence electrons. The molecule has 0 spiro atoms. The Morgan fingerprint density at radius 3 is 2.58 bits per heavy atom. The van der Waals surface area contributed by atoms with Gasteiger partial charge in [-0.3, -0.25) is 0 Å². The van der Waals surface area contributed by atoms with Crippen LogP contribution in [0.15, 0.2) is 53.1 Å². The maximum atomic E-state index is 6.31. The topological polar surface area (TPSA) is 48.0 Å². The third kappa shape index (κ3) is 4.19. The van der Waals surface area contributed by atoms with Crippen LogP contribution < -0.4 is 0 Å². The van der Waals surface area contributed by atoms with Crippen LogP contribution in [0.5, 0.6) is 0 Å². The second-order valence-electron chi connectivity index (χ2n) is 8.00. The number of thioether (sulfide) groups is 1. The largest absolute Gasteiger partial charge is 0.306 e. The van der Waals surface area contributed by atoms with E-state index in [0.717, 1.165) is 48.8 Å². The van der Waals surface area contributed by atoms with Crippen LogP contribution in [0.2, 0.25) is 10.0 Å². The highest BCUT2D eigenvalue weighted by molar-refractivity contribution is 8.01. The number of aromatic nitrogens is 5. The number of hydrogen-bond acceptors (Lipinski definition) is 5. The zero-order valence-electron chi connectivity index (χ0n) is 18.5. The van der Waals surface area contributed by atoms with E-state index in [-0.39, 0.29) is 0 Å². The number of fused-ring (bicyclic) bond motifs is 1. The van der Waals surface area contributed by atoms with E-state index in [0.29, 0.717) is 15.3 Å². The molecule has 5 rings (SSSR count). The number of benzene rings is 1. The Morgan fingerprint density at radius 1 is 1.03 bits per heavy atom. The molecule has 0 N–H and O–H groups in total. The Bertz CT molecular complexity index is 1480. The van der Waals surface area contributed by atoms with Crippen LogP contribution in [-0.2, 0) is 0 Å². The van der Waals surface area contributed by atoms with Gasteiger partial charge < -0.3 is 4.40 Å². The first-order valence-corrected chi connectivity index (χ1v) is 12.9. The fourth-order valence-electron chi connectivity index (χ4n) is 3.82. The molecule has 0 aliphatic carbocycles. The standard InChI is InChI=1S/C24H21Cl2N5S2/c1-13(2)32-23-22(16-5-7-18(25)19(26)11-16)28-24(33-23)31-15(4)21(14(3)29-31)17-6-8-20-27-9-10-30(20)12-17/h5-13H,1-4H3. The molecular formula is C24H21Cl2N5S2. The summed E-state index contributed by atoms with van der Waals surface area (Å²) in [4.78, 5) is 9.35. The van der Waals surface area contributed by atoms with Crippen molar-refractivity contribution in [3.05, 3.63) is 70.4 Å². The van der Waals surface area contributed by atoms with Crippen LogP contribution in [0.3, 0.4) is 0 Å². The first-order valence-electron chi connectivity index (χ1n) is 10.4. The van der Waals surface area contributed by atoms with Crippen molar-refractivity contribution < 1.29 is 0 Å². The Morgan fingerprint density at radius 2 is 1.82 bits per heavy atom. The lowest BCUT2D eigenvalue weighted by Gasteiger charge is -2.05. The van der Waals surface area contributed by atoms with Gasteiger partial charge in [-0.2, -0.15) is 5.10 Å². The van der Waals surface area contributed by atoms with Crippen molar-refractivity contribution >= 4 is 51.9 Å². The van der Waals surface area contributed by atoms with Gasteiger partial charge in [0.25, 0.3) is 0 Å². The van der Waals surface area contributed by atoms with E-state index in [2.05, 4.69) is 38.0 Å². The average molecular weight is 515 g/mol. The van der Waals surface area contributed by atoms with Gasteiger partial charge in [0.1, 0.15) is 5.65 Å². The molecule has 9 heteroatoms. The van der Waals surface area contributed by atoms with Gasteiger partial charge in [0.2, 0.25) is 5.13 Å². The number of nitrogens with zero attached hydrogens (tertiary/aromatic N) is 5. The molecular weight excluding hydrogens is 493 g/mol. The number of imidazole rings is 1. The molecule has 0 amide bonds. The van der Waals surface area contributed by atoms with Crippen molar-refractivity contribution in [1.29, 1.82) is 0 Å². The molecule has 0 saturated carbocycles. The number of aryl methyl sites for hydroxylation is 1. The normalized spacial score (nSPS) is 11.7. The first-order chi connectivity index (χ1) is 15.8. The van der Waals surface area contributed by atoms with E-state index in [4.69, 9.17) is 33.3 Å². The Labute approximate surface area is 210 Å². The summed E-state index contributed by atoms with van der Waals surface area (Å²) in [7, 11) is 0. The minimum atomic E-state index is 0.415. The van der Waals surface area contributed by atoms with Crippen LogP contribution in [-0.4, -0.2) is 29.4 Å². The summed E-state index contributed by atoms with van der Waals surface area (Å²) in [5.74, 6) is 0. The molecule has 0 fully saturated rings. The summed E-state index contributed by atoms with van der Waals surface area (Å²) < 4.78 is 5.10. The smallest absolute Gasteiger partial charge is 0.212 e. The van der Waals surface area contributed by atoms with E-state index in [1.54, 1.807) is 29.3 Å². The summed E-state index contributed by atoms with van der Waals surface area (Å²) in [5, 5.41) is 7.16. The Kier molecular flexibility index (Phi) is 5.99. The molecule has 0 unspecified atom stereocenters. The number of hydrogen-bond donors (Lipinski definition) is 0. The number of thiazole rings is 1. The summed E-state index contributed by atoms with van der Waals surface area (Å²) >= 11 is 15.9. The second-order valence-corrected chi connectivity index (χ2v) is 11.6. The lowest BCUT2D eigenvalue weighted by atomic mass is 10.1. The Balaban J connectivity index is 1.63. The van der Waals surface area contributed by atoms with Gasteiger partial charge in [-0.1, -0.05) is 54.5 Å². The molecule has 0 bridgehead atoms. The third-order valence-electron chi connectivity index (χ3n) is 5.27. The number of halogens is 2. The monoisotopic (exact) mass is 513 g/mol. The summed E-state index contributed by atoms with van der Waals surface area (Å²) in [6.45, 7) is 8.48. The van der Waals surface area contributed by atoms with Crippen LogP contribution >= 0.6 is 46.3 Å². The zero-order valence-corrected chi connectivity index (χ0v) is 21.6. The van der Waals surface area contributed by atoms with Crippen LogP contribution in [0.25, 0.3) is 33.2 Å². The molecule has 4 heterocycles. The minimum Gasteiger partial charge on any atom is -0.306 e. The van der Waals surface area contributed by atoms with Crippen molar-refractivity contribution in [1.82, 2.24) is 24.1 Å². The van der Waals surface area contributed by atoms with Crippen LogP contribution in [0.1, 0.15) is 25.2 Å². The summed E-state index contributed by atoms with van der Waals surface area (Å²) in [6.07, 6.45) is 5.84. The average Bonchev–Trinajstić information content (AvgIpc) is 3.46. The fraction of sp³-hybridized carbons (Fsp3) is 0.208. The maximum absolute atomic E-state index is 6.31. The Hall–Kier alpha value is -2.32. The highest BCUT2D eigenvalue weighted by Crippen LogP contribution is 2.41. The van der Waals surface area contributed by atoms with Crippen molar-refractivity contribution in [2.24, 2.45) is 0 Å². The third-order valence-corrected chi connectivity index (χ3v) is 8.25. The van der Waals surface area contributed by atoms with E-state index in [1.807, 2.05) is 46.5 Å². The summed E-state index contributed by atoms with van der Waals surface area (Å²) in [5.41, 5.74) is 6.97. The van der Waals surface area contributed by atoms with Crippen molar-refractivity contribution in [2.75, 3.05) is 0 Å². The lowest BCUT2D eigenvalue weighted by molar-refractivity contribution is 0.826. The van der Waals surface area contributed by atoms with Gasteiger partial charge >= 0.3 is 0 Å². The fourth-order valence-corrected chi connectivity index (χ4v) is 6.64. The van der Waals surface area contributed by atoms with Gasteiger partial charge in [-0.25, -0.2) is 14.6 Å². The summed E-state index contributed by atoms with van der Waals surface area (Å²) in [6, 6.07) is 9.77. The van der Waals surface area contributed by atoms with E-state index in [9.17, 15) is 0 Å². The van der Waals surface area contributed by atoms with Crippen molar-refractivity contribution in [2.45, 2.75) is 37.2 Å². The van der Waals surface area contributed by atoms with E-state index in [1.165, 1.54) is 0 Å². The van der Waals surface area contributed by atoms with Crippen LogP contribution in [0.4, 0.5) is 0 Å². The highest BCUT2D eigenvalue weighted by atomic mass is 35.5. The van der Waals surface area contributed by atoms with Crippen molar-refractivity contribution in [3.8, 4) is 27.5 Å². The molecule has 5 aromatic rings. The van der Waals surface area contributed by atoms with Crippen molar-refractivity contribution in [3.63, 3.8) is 0 Å². The molecule has 0 radical (unpaired) electrons. The quantitative estimate of drug-likeness (QED) is 0.225. The molecule has 4 aromatic heterocycles. The minimum absolute atomic E-state index is 0.415. The maximum Gasteiger partial charge on any atom is 0.212 e. The van der Waals surface area contributed by atoms with Gasteiger partial charge in [0, 0.05) is 40.5 Å². The zero-order chi connectivity index (χ0) is 23.3. The van der Waals surface area contributed by atoms with Gasteiger partial charge in [0.05, 0.1) is 31.3 Å². The molecule has 5 nitrogen and oxygen atoms in total. The first kappa shape index (κ1) is 22.5. The number of rotatable bonds is 5. The van der Waals surface area contributed by atoms with Gasteiger partial charge in [0.15, 0.2) is 0 Å². The van der Waals surface area contributed by atoms with Gasteiger partial charge in [-0.15, -0.1) is 11.8 Å². The van der Waals surface area contributed by atoms with E-state index < -0.39 is 0 Å². The molecule has 0 aliphatic heterocycles. The number of pyridine rings is 1. The molecule has 0 aliphatic rings. The lowest BCUT2D eigenvalue weighted by Crippen LogP contribution is -1.98. The molecule has 0 saturated heterocycles. The molecule has 33 heavy (non-hydrogen) atoms. The predicted molar refractivity (Wildman–Crippen MR) is 139 cm³/mol. The SMILES string of the molecule is Cc1nn(-c2nc(-c3ccc(Cl)c(Cl)c3)c(SC(C)C)s2)c(C)c1-c1ccc2nccn2c1. The van der Waals surface area contributed by atoms with Crippen LogP contribution in [0, 0.1) is 13.8 Å². The highest BCUT2D eigenvalue weighted by Gasteiger charge is 2.21. The van der Waals surface area contributed by atoms with E-state index >= 15 is 0 Å². The molecule has 0 atom stereocenters. The predicted octanol–water partition coefficient (Wildman–Crippen LogP) is 7.73. The van der Waals surface area contributed by atoms with Gasteiger partial charge in [-0.05, 0) is 38.1 Å².